The first-order valence-electron chi connectivity index (χ1n) is 3.97. The first-order chi connectivity index (χ1) is 6.49. The lowest BCUT2D eigenvalue weighted by molar-refractivity contribution is -0.385. The molecule has 0 aliphatic heterocycles. The summed E-state index contributed by atoms with van der Waals surface area (Å²) in [6.07, 6.45) is 0. The molecule has 0 aromatic carbocycles. The summed E-state index contributed by atoms with van der Waals surface area (Å²) in [6.45, 7) is 3.97. The van der Waals surface area contributed by atoms with Crippen molar-refractivity contribution in [1.29, 1.82) is 0 Å². The van der Waals surface area contributed by atoms with Crippen LogP contribution < -0.4 is 0 Å². The lowest BCUT2D eigenvalue weighted by atomic mass is 10.4. The second-order valence-corrected chi connectivity index (χ2v) is 4.89. The summed E-state index contributed by atoms with van der Waals surface area (Å²) in [5.41, 5.74) is -0.0202. The van der Waals surface area contributed by atoms with Gasteiger partial charge >= 0.3 is 0 Å². The summed E-state index contributed by atoms with van der Waals surface area (Å²) < 4.78 is 0. The summed E-state index contributed by atoms with van der Waals surface area (Å²) in [5, 5.41) is 11.6. The quantitative estimate of drug-likeness (QED) is 0.348. The normalized spacial score (nSPS) is 10.6. The fraction of sp³-hybridized carbons (Fsp3) is 0.375. The van der Waals surface area contributed by atoms with E-state index in [1.165, 1.54) is 23.9 Å². The third kappa shape index (κ3) is 3.16. The SMILES string of the molecule is CC(C)Sc1cc([N+](=O)[O-])cc(Cl)n1. The summed E-state index contributed by atoms with van der Waals surface area (Å²) in [6, 6.07) is 2.67. The lowest BCUT2D eigenvalue weighted by Gasteiger charge is -2.03. The predicted molar refractivity (Wildman–Crippen MR) is 56.9 cm³/mol. The Morgan fingerprint density at radius 2 is 2.21 bits per heavy atom. The van der Waals surface area contributed by atoms with Gasteiger partial charge < -0.3 is 0 Å². The van der Waals surface area contributed by atoms with Gasteiger partial charge in [-0.1, -0.05) is 25.4 Å². The van der Waals surface area contributed by atoms with Crippen LogP contribution in [0.2, 0.25) is 5.15 Å². The van der Waals surface area contributed by atoms with Crippen LogP contribution in [0.3, 0.4) is 0 Å². The topological polar surface area (TPSA) is 56.0 Å². The maximum Gasteiger partial charge on any atom is 0.275 e. The van der Waals surface area contributed by atoms with E-state index in [4.69, 9.17) is 11.6 Å². The average Bonchev–Trinajstić information content (AvgIpc) is 2.01. The molecule has 0 bridgehead atoms. The van der Waals surface area contributed by atoms with E-state index >= 15 is 0 Å². The van der Waals surface area contributed by atoms with E-state index in [0.717, 1.165) is 0 Å². The Hall–Kier alpha value is -0.810. The van der Waals surface area contributed by atoms with Crippen LogP contribution in [0.4, 0.5) is 5.69 Å². The van der Waals surface area contributed by atoms with Crippen LogP contribution in [0.15, 0.2) is 17.2 Å². The predicted octanol–water partition coefficient (Wildman–Crippen LogP) is 3.14. The molecule has 4 nitrogen and oxygen atoms in total. The van der Waals surface area contributed by atoms with Gasteiger partial charge in [-0.3, -0.25) is 10.1 Å². The van der Waals surface area contributed by atoms with Gasteiger partial charge in [0, 0.05) is 11.3 Å². The molecule has 0 aliphatic carbocycles. The van der Waals surface area contributed by atoms with E-state index in [9.17, 15) is 10.1 Å². The molecule has 0 saturated heterocycles. The zero-order valence-electron chi connectivity index (χ0n) is 7.73. The van der Waals surface area contributed by atoms with Crippen molar-refractivity contribution in [2.24, 2.45) is 0 Å². The molecule has 0 amide bonds. The Morgan fingerprint density at radius 1 is 1.57 bits per heavy atom. The van der Waals surface area contributed by atoms with Gasteiger partial charge in [0.2, 0.25) is 0 Å². The number of nitro groups is 1. The van der Waals surface area contributed by atoms with Crippen molar-refractivity contribution >= 4 is 29.1 Å². The standard InChI is InChI=1S/C8H9ClN2O2S/c1-5(2)14-8-4-6(11(12)13)3-7(9)10-8/h3-5H,1-2H3. The number of aromatic nitrogens is 1. The van der Waals surface area contributed by atoms with Crippen LogP contribution in [-0.4, -0.2) is 15.2 Å². The molecule has 0 radical (unpaired) electrons. The maximum absolute atomic E-state index is 10.5. The summed E-state index contributed by atoms with van der Waals surface area (Å²) >= 11 is 7.09. The zero-order chi connectivity index (χ0) is 10.7. The third-order valence-electron chi connectivity index (χ3n) is 1.32. The van der Waals surface area contributed by atoms with E-state index in [0.29, 0.717) is 10.3 Å². The van der Waals surface area contributed by atoms with E-state index < -0.39 is 4.92 Å². The van der Waals surface area contributed by atoms with Crippen molar-refractivity contribution in [2.45, 2.75) is 24.1 Å². The van der Waals surface area contributed by atoms with Crippen molar-refractivity contribution < 1.29 is 4.92 Å². The molecular formula is C8H9ClN2O2S. The maximum atomic E-state index is 10.5. The molecule has 1 heterocycles. The van der Waals surface area contributed by atoms with Gasteiger partial charge in [-0.05, 0) is 0 Å². The Balaban J connectivity index is 3.01. The van der Waals surface area contributed by atoms with Crippen molar-refractivity contribution in [1.82, 2.24) is 4.98 Å². The first-order valence-corrected chi connectivity index (χ1v) is 5.23. The molecule has 0 atom stereocenters. The molecule has 0 saturated carbocycles. The molecule has 14 heavy (non-hydrogen) atoms. The monoisotopic (exact) mass is 232 g/mol. The molecule has 6 heteroatoms. The molecule has 0 fully saturated rings. The smallest absolute Gasteiger partial charge is 0.258 e. The fourth-order valence-corrected chi connectivity index (χ4v) is 1.94. The largest absolute Gasteiger partial charge is 0.275 e. The van der Waals surface area contributed by atoms with E-state index in [1.807, 2.05) is 13.8 Å². The highest BCUT2D eigenvalue weighted by Crippen LogP contribution is 2.26. The summed E-state index contributed by atoms with van der Waals surface area (Å²) in [4.78, 5) is 14.0. The van der Waals surface area contributed by atoms with Crippen LogP contribution in [-0.2, 0) is 0 Å². The minimum absolute atomic E-state index is 0.0202. The van der Waals surface area contributed by atoms with Crippen molar-refractivity contribution in [3.05, 3.63) is 27.4 Å². The van der Waals surface area contributed by atoms with Gasteiger partial charge in [-0.25, -0.2) is 4.98 Å². The molecule has 1 aromatic heterocycles. The average molecular weight is 233 g/mol. The number of halogens is 1. The molecule has 0 N–H and O–H groups in total. The highest BCUT2D eigenvalue weighted by molar-refractivity contribution is 7.99. The van der Waals surface area contributed by atoms with Gasteiger partial charge in [-0.2, -0.15) is 0 Å². The molecule has 0 spiro atoms. The lowest BCUT2D eigenvalue weighted by Crippen LogP contribution is -1.93. The zero-order valence-corrected chi connectivity index (χ0v) is 9.30. The highest BCUT2D eigenvalue weighted by atomic mass is 35.5. The van der Waals surface area contributed by atoms with Gasteiger partial charge in [0.1, 0.15) is 10.2 Å². The van der Waals surface area contributed by atoms with Crippen LogP contribution in [0.25, 0.3) is 0 Å². The molecule has 76 valence electrons. The van der Waals surface area contributed by atoms with Gasteiger partial charge in [0.15, 0.2) is 0 Å². The Kier molecular flexibility index (Phi) is 3.71. The second kappa shape index (κ2) is 4.61. The third-order valence-corrected chi connectivity index (χ3v) is 2.44. The second-order valence-electron chi connectivity index (χ2n) is 2.91. The highest BCUT2D eigenvalue weighted by Gasteiger charge is 2.11. The van der Waals surface area contributed by atoms with Crippen LogP contribution in [0.5, 0.6) is 0 Å². The summed E-state index contributed by atoms with van der Waals surface area (Å²) in [7, 11) is 0. The molecule has 1 rings (SSSR count). The fourth-order valence-electron chi connectivity index (χ4n) is 0.867. The Morgan fingerprint density at radius 3 is 2.71 bits per heavy atom. The minimum atomic E-state index is -0.474. The van der Waals surface area contributed by atoms with Gasteiger partial charge in [0.25, 0.3) is 5.69 Å². The first kappa shape index (κ1) is 11.3. The van der Waals surface area contributed by atoms with Crippen molar-refractivity contribution in [3.8, 4) is 0 Å². The number of thioether (sulfide) groups is 1. The number of hydrogen-bond acceptors (Lipinski definition) is 4. The van der Waals surface area contributed by atoms with Crippen LogP contribution >= 0.6 is 23.4 Å². The van der Waals surface area contributed by atoms with Crippen LogP contribution in [0.1, 0.15) is 13.8 Å². The van der Waals surface area contributed by atoms with E-state index in [-0.39, 0.29) is 10.8 Å². The van der Waals surface area contributed by atoms with Gasteiger partial charge in [-0.15, -0.1) is 11.8 Å². The van der Waals surface area contributed by atoms with Crippen molar-refractivity contribution in [3.63, 3.8) is 0 Å². The number of nitrogens with zero attached hydrogens (tertiary/aromatic N) is 2. The molecule has 0 unspecified atom stereocenters. The minimum Gasteiger partial charge on any atom is -0.258 e. The summed E-state index contributed by atoms with van der Waals surface area (Å²) in [5.74, 6) is 0. The number of hydrogen-bond donors (Lipinski definition) is 0. The van der Waals surface area contributed by atoms with E-state index in [2.05, 4.69) is 4.98 Å². The van der Waals surface area contributed by atoms with E-state index in [1.54, 1.807) is 0 Å². The Labute approximate surface area is 90.8 Å². The molecule has 1 aromatic rings. The Bertz CT molecular complexity index is 357. The van der Waals surface area contributed by atoms with Gasteiger partial charge in [0.05, 0.1) is 11.0 Å². The number of rotatable bonds is 3. The molecule has 0 aliphatic rings. The molecular weight excluding hydrogens is 224 g/mol. The van der Waals surface area contributed by atoms with Crippen molar-refractivity contribution in [2.75, 3.05) is 0 Å². The number of pyridine rings is 1. The van der Waals surface area contributed by atoms with Crippen LogP contribution in [0, 0.1) is 10.1 Å².